The first-order chi connectivity index (χ1) is 13.7. The van der Waals surface area contributed by atoms with Crippen molar-refractivity contribution in [2.45, 2.75) is 27.7 Å². The number of aromatic nitrogens is 2. The van der Waals surface area contributed by atoms with Gasteiger partial charge in [-0.2, -0.15) is 0 Å². The molecule has 1 amide bonds. The Balaban J connectivity index is 2.31. The average Bonchev–Trinajstić information content (AvgIpc) is 2.64. The maximum Gasteiger partial charge on any atom is 0.355 e. The predicted octanol–water partition coefficient (Wildman–Crippen LogP) is 3.91. The molecule has 0 fully saturated rings. The largest absolute Gasteiger partial charge is 0.355 e. The van der Waals surface area contributed by atoms with E-state index in [9.17, 15) is 14.9 Å². The van der Waals surface area contributed by atoms with Crippen molar-refractivity contribution in [2.75, 3.05) is 23.4 Å². The first-order valence-electron chi connectivity index (χ1n) is 9.25. The third-order valence-electron chi connectivity index (χ3n) is 3.84. The van der Waals surface area contributed by atoms with Gasteiger partial charge in [-0.15, -0.1) is 0 Å². The van der Waals surface area contributed by atoms with Crippen LogP contribution >= 0.6 is 11.6 Å². The van der Waals surface area contributed by atoms with E-state index in [-0.39, 0.29) is 29.2 Å². The highest BCUT2D eigenvalue weighted by atomic mass is 35.5. The van der Waals surface area contributed by atoms with E-state index >= 15 is 0 Å². The standard InChI is InChI=1S/C19H25ClN6O3/c1-12(2)9-25(10-13(3)4)18-16(26(28)29)17(21-11-22-18)23-24-19(27)14-6-5-7-15(20)8-14/h5-8,11-13H,9-10H2,1-4H3,(H,24,27)(H,21,22,23). The van der Waals surface area contributed by atoms with Crippen molar-refractivity contribution >= 4 is 34.8 Å². The molecule has 0 aliphatic rings. The van der Waals surface area contributed by atoms with E-state index in [0.29, 0.717) is 23.7 Å². The lowest BCUT2D eigenvalue weighted by atomic mass is 10.1. The van der Waals surface area contributed by atoms with E-state index in [4.69, 9.17) is 11.6 Å². The van der Waals surface area contributed by atoms with Crippen LogP contribution in [0.15, 0.2) is 30.6 Å². The molecule has 0 spiro atoms. The maximum atomic E-state index is 12.3. The van der Waals surface area contributed by atoms with Gasteiger partial charge in [-0.25, -0.2) is 9.97 Å². The number of rotatable bonds is 9. The Kier molecular flexibility index (Phi) is 7.72. The summed E-state index contributed by atoms with van der Waals surface area (Å²) in [4.78, 5) is 33.6. The van der Waals surface area contributed by atoms with Crippen LogP contribution in [0.4, 0.5) is 17.3 Å². The average molecular weight is 421 g/mol. The number of nitro groups is 1. The van der Waals surface area contributed by atoms with Crippen LogP contribution in [-0.4, -0.2) is 33.9 Å². The monoisotopic (exact) mass is 420 g/mol. The Morgan fingerprint density at radius 1 is 1.21 bits per heavy atom. The number of hydrogen-bond acceptors (Lipinski definition) is 7. The van der Waals surface area contributed by atoms with E-state index in [0.717, 1.165) is 0 Å². The summed E-state index contributed by atoms with van der Waals surface area (Å²) >= 11 is 5.90. The molecule has 2 rings (SSSR count). The lowest BCUT2D eigenvalue weighted by Crippen LogP contribution is -2.34. The topological polar surface area (TPSA) is 113 Å². The Hall–Kier alpha value is -2.94. The number of amides is 1. The molecule has 0 atom stereocenters. The first-order valence-corrected chi connectivity index (χ1v) is 9.63. The molecule has 2 N–H and O–H groups in total. The number of benzene rings is 1. The first kappa shape index (κ1) is 22.4. The summed E-state index contributed by atoms with van der Waals surface area (Å²) in [5.74, 6) is 0.187. The summed E-state index contributed by atoms with van der Waals surface area (Å²) in [6.45, 7) is 9.33. The Morgan fingerprint density at radius 2 is 1.86 bits per heavy atom. The van der Waals surface area contributed by atoms with Crippen LogP contribution in [-0.2, 0) is 0 Å². The van der Waals surface area contributed by atoms with E-state index < -0.39 is 10.8 Å². The molecular weight excluding hydrogens is 396 g/mol. The Labute approximate surface area is 174 Å². The second-order valence-corrected chi connectivity index (χ2v) is 7.87. The fourth-order valence-corrected chi connectivity index (χ4v) is 3.00. The molecule has 29 heavy (non-hydrogen) atoms. The number of hydrazine groups is 1. The summed E-state index contributed by atoms with van der Waals surface area (Å²) in [5, 5.41) is 12.2. The number of carbonyl (C=O) groups excluding carboxylic acids is 1. The number of nitrogens with one attached hydrogen (secondary N) is 2. The van der Waals surface area contributed by atoms with Gasteiger partial charge in [0, 0.05) is 23.7 Å². The molecule has 9 nitrogen and oxygen atoms in total. The minimum Gasteiger partial charge on any atom is -0.350 e. The highest BCUT2D eigenvalue weighted by Gasteiger charge is 2.28. The normalized spacial score (nSPS) is 10.9. The zero-order valence-electron chi connectivity index (χ0n) is 16.8. The minimum atomic E-state index is -0.545. The molecule has 0 aliphatic carbocycles. The van der Waals surface area contributed by atoms with Gasteiger partial charge in [0.05, 0.1) is 4.92 Å². The van der Waals surface area contributed by atoms with Gasteiger partial charge in [0.25, 0.3) is 5.91 Å². The lowest BCUT2D eigenvalue weighted by Gasteiger charge is -2.27. The summed E-state index contributed by atoms with van der Waals surface area (Å²) in [6.07, 6.45) is 1.24. The third kappa shape index (κ3) is 6.28. The SMILES string of the molecule is CC(C)CN(CC(C)C)c1ncnc(NNC(=O)c2cccc(Cl)c2)c1[N+](=O)[O-]. The van der Waals surface area contributed by atoms with Crippen LogP contribution in [0.2, 0.25) is 5.02 Å². The van der Waals surface area contributed by atoms with Gasteiger partial charge in [-0.3, -0.25) is 25.8 Å². The van der Waals surface area contributed by atoms with Crippen LogP contribution in [0.3, 0.4) is 0 Å². The highest BCUT2D eigenvalue weighted by molar-refractivity contribution is 6.30. The van der Waals surface area contributed by atoms with Crippen molar-refractivity contribution in [3.05, 3.63) is 51.3 Å². The highest BCUT2D eigenvalue weighted by Crippen LogP contribution is 2.32. The van der Waals surface area contributed by atoms with Gasteiger partial charge >= 0.3 is 5.69 Å². The molecular formula is C19H25ClN6O3. The van der Waals surface area contributed by atoms with Gasteiger partial charge < -0.3 is 4.90 Å². The number of halogens is 1. The van der Waals surface area contributed by atoms with Crippen molar-refractivity contribution in [1.82, 2.24) is 15.4 Å². The van der Waals surface area contributed by atoms with Crippen LogP contribution < -0.4 is 15.8 Å². The molecule has 1 aromatic carbocycles. The molecule has 156 valence electrons. The lowest BCUT2D eigenvalue weighted by molar-refractivity contribution is -0.383. The molecule has 0 saturated heterocycles. The molecule has 1 heterocycles. The molecule has 0 radical (unpaired) electrons. The molecule has 0 bridgehead atoms. The van der Waals surface area contributed by atoms with Crippen molar-refractivity contribution in [3.8, 4) is 0 Å². The molecule has 10 heteroatoms. The number of hydrogen-bond donors (Lipinski definition) is 2. The maximum absolute atomic E-state index is 12.3. The summed E-state index contributed by atoms with van der Waals surface area (Å²) in [5.41, 5.74) is 4.99. The number of nitrogens with zero attached hydrogens (tertiary/aromatic N) is 4. The van der Waals surface area contributed by atoms with E-state index in [1.807, 2.05) is 32.6 Å². The fraction of sp³-hybridized carbons (Fsp3) is 0.421. The second kappa shape index (κ2) is 10.0. The van der Waals surface area contributed by atoms with Gasteiger partial charge in [-0.1, -0.05) is 45.4 Å². The van der Waals surface area contributed by atoms with E-state index in [1.165, 1.54) is 12.4 Å². The van der Waals surface area contributed by atoms with Crippen LogP contribution in [0, 0.1) is 22.0 Å². The van der Waals surface area contributed by atoms with Crippen LogP contribution in [0.5, 0.6) is 0 Å². The van der Waals surface area contributed by atoms with Crippen molar-refractivity contribution in [1.29, 1.82) is 0 Å². The number of carbonyl (C=O) groups is 1. The van der Waals surface area contributed by atoms with Crippen molar-refractivity contribution in [3.63, 3.8) is 0 Å². The van der Waals surface area contributed by atoms with E-state index in [1.54, 1.807) is 18.2 Å². The smallest absolute Gasteiger partial charge is 0.350 e. The van der Waals surface area contributed by atoms with Gasteiger partial charge in [0.2, 0.25) is 11.6 Å². The molecule has 1 aromatic heterocycles. The summed E-state index contributed by atoms with van der Waals surface area (Å²) < 4.78 is 0. The number of anilines is 2. The summed E-state index contributed by atoms with van der Waals surface area (Å²) in [7, 11) is 0. The van der Waals surface area contributed by atoms with Crippen LogP contribution in [0.1, 0.15) is 38.1 Å². The molecule has 0 unspecified atom stereocenters. The fourth-order valence-electron chi connectivity index (χ4n) is 2.81. The Bertz CT molecular complexity index is 865. The third-order valence-corrected chi connectivity index (χ3v) is 4.07. The second-order valence-electron chi connectivity index (χ2n) is 7.43. The molecule has 0 saturated carbocycles. The minimum absolute atomic E-state index is 0.0899. The van der Waals surface area contributed by atoms with Crippen molar-refractivity contribution in [2.24, 2.45) is 11.8 Å². The van der Waals surface area contributed by atoms with Gasteiger partial charge in [0.15, 0.2) is 0 Å². The predicted molar refractivity (Wildman–Crippen MR) is 113 cm³/mol. The molecule has 2 aromatic rings. The van der Waals surface area contributed by atoms with Crippen LogP contribution in [0.25, 0.3) is 0 Å². The zero-order chi connectivity index (χ0) is 21.6. The molecule has 0 aliphatic heterocycles. The van der Waals surface area contributed by atoms with Gasteiger partial charge in [0.1, 0.15) is 6.33 Å². The van der Waals surface area contributed by atoms with E-state index in [2.05, 4.69) is 20.8 Å². The van der Waals surface area contributed by atoms with Crippen molar-refractivity contribution < 1.29 is 9.72 Å². The van der Waals surface area contributed by atoms with Gasteiger partial charge in [-0.05, 0) is 30.0 Å². The Morgan fingerprint density at radius 3 is 2.41 bits per heavy atom. The zero-order valence-corrected chi connectivity index (χ0v) is 17.6. The quantitative estimate of drug-likeness (QED) is 0.467. The summed E-state index contributed by atoms with van der Waals surface area (Å²) in [6, 6.07) is 6.35.